The molecular formula is C19H20F2N2O5S. The maximum Gasteiger partial charge on any atom is 0.338 e. The van der Waals surface area contributed by atoms with Gasteiger partial charge in [-0.15, -0.1) is 0 Å². The molecule has 0 bridgehead atoms. The Labute approximate surface area is 167 Å². The zero-order chi connectivity index (χ0) is 21.6. The molecule has 0 radical (unpaired) electrons. The third kappa shape index (κ3) is 7.24. The highest BCUT2D eigenvalue weighted by Gasteiger charge is 2.19. The first kappa shape index (κ1) is 22.4. The Morgan fingerprint density at radius 2 is 1.72 bits per heavy atom. The molecule has 0 aliphatic heterocycles. The summed E-state index contributed by atoms with van der Waals surface area (Å²) in [6, 6.07) is 9.16. The van der Waals surface area contributed by atoms with Gasteiger partial charge in [-0.3, -0.25) is 4.79 Å². The van der Waals surface area contributed by atoms with Gasteiger partial charge in [0.05, 0.1) is 11.8 Å². The summed E-state index contributed by atoms with van der Waals surface area (Å²) < 4.78 is 55.6. The van der Waals surface area contributed by atoms with Crippen molar-refractivity contribution < 1.29 is 31.5 Å². The van der Waals surface area contributed by atoms with Crippen molar-refractivity contribution in [1.82, 2.24) is 4.72 Å². The van der Waals surface area contributed by atoms with Gasteiger partial charge in [0.1, 0.15) is 0 Å². The molecule has 0 saturated heterocycles. The van der Waals surface area contributed by atoms with E-state index in [0.717, 1.165) is 24.0 Å². The van der Waals surface area contributed by atoms with Gasteiger partial charge in [-0.05, 0) is 43.2 Å². The van der Waals surface area contributed by atoms with Gasteiger partial charge >= 0.3 is 5.97 Å². The molecule has 0 spiro atoms. The van der Waals surface area contributed by atoms with Crippen molar-refractivity contribution in [2.75, 3.05) is 18.1 Å². The Morgan fingerprint density at radius 1 is 1.07 bits per heavy atom. The molecule has 0 fully saturated rings. The topological polar surface area (TPSA) is 102 Å². The number of anilines is 1. The average molecular weight is 426 g/mol. The van der Waals surface area contributed by atoms with Crippen LogP contribution in [0.1, 0.15) is 22.8 Å². The summed E-state index contributed by atoms with van der Waals surface area (Å²) in [5.41, 5.74) is 1.04. The number of carbonyl (C=O) groups is 2. The maximum atomic E-state index is 13.2. The fourth-order valence-corrected chi connectivity index (χ4v) is 2.76. The maximum absolute atomic E-state index is 13.2. The van der Waals surface area contributed by atoms with Gasteiger partial charge in [-0.2, -0.15) is 0 Å². The fraction of sp³-hybridized carbons (Fsp3) is 0.263. The molecule has 156 valence electrons. The monoisotopic (exact) mass is 426 g/mol. The van der Waals surface area contributed by atoms with Crippen LogP contribution in [0.2, 0.25) is 0 Å². The molecule has 1 unspecified atom stereocenters. The molecule has 2 rings (SSSR count). The van der Waals surface area contributed by atoms with Crippen molar-refractivity contribution in [2.24, 2.45) is 0 Å². The van der Waals surface area contributed by atoms with Crippen LogP contribution in [0.3, 0.4) is 0 Å². The van der Waals surface area contributed by atoms with Crippen LogP contribution in [-0.4, -0.2) is 39.2 Å². The van der Waals surface area contributed by atoms with Crippen molar-refractivity contribution >= 4 is 27.6 Å². The molecule has 10 heteroatoms. The van der Waals surface area contributed by atoms with E-state index in [4.69, 9.17) is 4.74 Å². The van der Waals surface area contributed by atoms with E-state index in [1.54, 1.807) is 12.1 Å². The quantitative estimate of drug-likeness (QED) is 0.631. The predicted octanol–water partition coefficient (Wildman–Crippen LogP) is 2.24. The van der Waals surface area contributed by atoms with Crippen LogP contribution in [0.5, 0.6) is 0 Å². The molecule has 7 nitrogen and oxygen atoms in total. The summed E-state index contributed by atoms with van der Waals surface area (Å²) in [5, 5.41) is 2.33. The smallest absolute Gasteiger partial charge is 0.338 e. The third-order valence-corrected chi connectivity index (χ3v) is 4.54. The molecule has 1 atom stereocenters. The molecule has 2 aromatic rings. The molecular weight excluding hydrogens is 406 g/mol. The van der Waals surface area contributed by atoms with Gasteiger partial charge in [0.2, 0.25) is 10.0 Å². The number of sulfonamides is 1. The van der Waals surface area contributed by atoms with Crippen molar-refractivity contribution in [3.05, 3.63) is 65.2 Å². The van der Waals surface area contributed by atoms with Crippen LogP contribution in [0.25, 0.3) is 0 Å². The van der Waals surface area contributed by atoms with Crippen LogP contribution in [-0.2, 0) is 26.0 Å². The number of carbonyl (C=O) groups excluding carboxylic acids is 2. The standard InChI is InChI=1S/C19H20F2N2O5S/c1-12(18(24)23-15-7-8-16(20)17(21)11-15)28-19(25)14-5-3-13(4-6-14)9-10-22-29(2,26)27/h3-8,11-12,22H,9-10H2,1-2H3,(H,23,24). The molecule has 29 heavy (non-hydrogen) atoms. The molecule has 1 amide bonds. The van der Waals surface area contributed by atoms with Gasteiger partial charge in [-0.1, -0.05) is 12.1 Å². The largest absolute Gasteiger partial charge is 0.449 e. The SMILES string of the molecule is CC(OC(=O)c1ccc(CCNS(C)(=O)=O)cc1)C(=O)Nc1ccc(F)c(F)c1. The van der Waals surface area contributed by atoms with E-state index in [9.17, 15) is 26.8 Å². The zero-order valence-corrected chi connectivity index (χ0v) is 16.6. The van der Waals surface area contributed by atoms with Crippen molar-refractivity contribution in [3.63, 3.8) is 0 Å². The normalized spacial score (nSPS) is 12.3. The minimum atomic E-state index is -3.27. The molecule has 2 aromatic carbocycles. The molecule has 0 aliphatic rings. The number of amides is 1. The lowest BCUT2D eigenvalue weighted by molar-refractivity contribution is -0.123. The Bertz CT molecular complexity index is 994. The van der Waals surface area contributed by atoms with Gasteiger partial charge < -0.3 is 10.1 Å². The fourth-order valence-electron chi connectivity index (χ4n) is 2.29. The molecule has 0 aliphatic carbocycles. The van der Waals surface area contributed by atoms with Crippen LogP contribution < -0.4 is 10.0 Å². The molecule has 0 heterocycles. The van der Waals surface area contributed by atoms with E-state index in [0.29, 0.717) is 6.42 Å². The van der Waals surface area contributed by atoms with Crippen molar-refractivity contribution in [2.45, 2.75) is 19.4 Å². The summed E-state index contributed by atoms with van der Waals surface area (Å²) in [4.78, 5) is 24.2. The summed E-state index contributed by atoms with van der Waals surface area (Å²) >= 11 is 0. The number of benzene rings is 2. The van der Waals surface area contributed by atoms with Crippen LogP contribution >= 0.6 is 0 Å². The van der Waals surface area contributed by atoms with E-state index in [1.165, 1.54) is 25.1 Å². The Hall–Kier alpha value is -2.85. The lowest BCUT2D eigenvalue weighted by atomic mass is 10.1. The van der Waals surface area contributed by atoms with Gasteiger partial charge in [-0.25, -0.2) is 26.7 Å². The Balaban J connectivity index is 1.89. The first-order valence-corrected chi connectivity index (χ1v) is 10.4. The highest BCUT2D eigenvalue weighted by atomic mass is 32.2. The van der Waals surface area contributed by atoms with Crippen LogP contribution in [0.15, 0.2) is 42.5 Å². The van der Waals surface area contributed by atoms with Gasteiger partial charge in [0.15, 0.2) is 17.7 Å². The summed E-state index contributed by atoms with van der Waals surface area (Å²) in [6.07, 6.45) is 0.333. The van der Waals surface area contributed by atoms with Crippen molar-refractivity contribution in [3.8, 4) is 0 Å². The number of rotatable bonds is 8. The predicted molar refractivity (Wildman–Crippen MR) is 103 cm³/mol. The third-order valence-electron chi connectivity index (χ3n) is 3.81. The lowest BCUT2D eigenvalue weighted by Gasteiger charge is -2.14. The lowest BCUT2D eigenvalue weighted by Crippen LogP contribution is -2.30. The second-order valence-corrected chi connectivity index (χ2v) is 8.11. The number of nitrogens with one attached hydrogen (secondary N) is 2. The Morgan fingerprint density at radius 3 is 2.31 bits per heavy atom. The highest BCUT2D eigenvalue weighted by molar-refractivity contribution is 7.88. The van der Waals surface area contributed by atoms with E-state index < -0.39 is 39.6 Å². The second-order valence-electron chi connectivity index (χ2n) is 6.28. The average Bonchev–Trinajstić information content (AvgIpc) is 2.64. The summed E-state index contributed by atoms with van der Waals surface area (Å²) in [7, 11) is -3.27. The van der Waals surface area contributed by atoms with E-state index in [2.05, 4.69) is 10.0 Å². The highest BCUT2D eigenvalue weighted by Crippen LogP contribution is 2.14. The molecule has 2 N–H and O–H groups in total. The number of halogens is 2. The first-order chi connectivity index (χ1) is 13.5. The van der Waals surface area contributed by atoms with Gasteiger partial charge in [0.25, 0.3) is 5.91 Å². The minimum Gasteiger partial charge on any atom is -0.449 e. The van der Waals surface area contributed by atoms with Crippen molar-refractivity contribution in [1.29, 1.82) is 0 Å². The number of ether oxygens (including phenoxy) is 1. The zero-order valence-electron chi connectivity index (χ0n) is 15.7. The summed E-state index contributed by atoms with van der Waals surface area (Å²) in [5.74, 6) is -3.59. The van der Waals surface area contributed by atoms with Crippen LogP contribution in [0.4, 0.5) is 14.5 Å². The minimum absolute atomic E-state index is 0.0313. The van der Waals surface area contributed by atoms with E-state index in [1.807, 2.05) is 0 Å². The van der Waals surface area contributed by atoms with Gasteiger partial charge in [0, 0.05) is 18.3 Å². The number of esters is 1. The number of hydrogen-bond donors (Lipinski definition) is 2. The second kappa shape index (κ2) is 9.57. The van der Waals surface area contributed by atoms with Crippen LogP contribution in [0, 0.1) is 11.6 Å². The first-order valence-electron chi connectivity index (χ1n) is 8.55. The van der Waals surface area contributed by atoms with E-state index in [-0.39, 0.29) is 17.8 Å². The summed E-state index contributed by atoms with van der Waals surface area (Å²) in [6.45, 7) is 1.57. The van der Waals surface area contributed by atoms with E-state index >= 15 is 0 Å². The molecule has 0 saturated carbocycles. The number of hydrogen-bond acceptors (Lipinski definition) is 5. The molecule has 0 aromatic heterocycles. The Kier molecular flexibility index (Phi) is 7.40.